The molecule has 2 atom stereocenters. The van der Waals surface area contributed by atoms with Gasteiger partial charge in [0.2, 0.25) is 0 Å². The molecule has 0 radical (unpaired) electrons. The van der Waals surface area contributed by atoms with Crippen molar-refractivity contribution in [1.82, 2.24) is 4.98 Å². The van der Waals surface area contributed by atoms with Crippen LogP contribution in [0.3, 0.4) is 0 Å². The third-order valence-corrected chi connectivity index (χ3v) is 4.47. The van der Waals surface area contributed by atoms with Crippen molar-refractivity contribution in [2.75, 3.05) is 11.9 Å². The summed E-state index contributed by atoms with van der Waals surface area (Å²) in [5, 5.41) is 4.37. The van der Waals surface area contributed by atoms with E-state index in [0.29, 0.717) is 24.3 Å². The molecule has 1 aromatic rings. The highest BCUT2D eigenvalue weighted by Crippen LogP contribution is 2.29. The lowest BCUT2D eigenvalue weighted by Crippen LogP contribution is -2.26. The minimum absolute atomic E-state index is 0.326. The highest BCUT2D eigenvalue weighted by molar-refractivity contribution is 7.14. The van der Waals surface area contributed by atoms with Crippen LogP contribution in [0, 0.1) is 5.92 Å². The van der Waals surface area contributed by atoms with Crippen molar-refractivity contribution in [1.29, 1.82) is 0 Å². The maximum absolute atomic E-state index is 11.8. The van der Waals surface area contributed by atoms with Gasteiger partial charge in [0.25, 0.3) is 0 Å². The van der Waals surface area contributed by atoms with Gasteiger partial charge in [0.1, 0.15) is 5.00 Å². The Balaban J connectivity index is 2.05. The summed E-state index contributed by atoms with van der Waals surface area (Å²) < 4.78 is 5.03. The molecule has 0 saturated heterocycles. The molecule has 1 aliphatic carbocycles. The molecule has 4 nitrogen and oxygen atoms in total. The summed E-state index contributed by atoms with van der Waals surface area (Å²) in [5.41, 5.74) is 2.14. The van der Waals surface area contributed by atoms with E-state index in [0.717, 1.165) is 5.00 Å². The lowest BCUT2D eigenvalue weighted by molar-refractivity contribution is 0.0521. The summed E-state index contributed by atoms with van der Waals surface area (Å²) in [6.07, 6.45) is 6.31. The average molecular weight is 282 g/mol. The second-order valence-electron chi connectivity index (χ2n) is 5.12. The van der Waals surface area contributed by atoms with Crippen LogP contribution in [-0.4, -0.2) is 23.6 Å². The van der Waals surface area contributed by atoms with Gasteiger partial charge in [-0.3, -0.25) is 0 Å². The van der Waals surface area contributed by atoms with E-state index in [1.54, 1.807) is 5.51 Å². The molecule has 2 rings (SSSR count). The number of ether oxygens (including phenoxy) is 1. The topological polar surface area (TPSA) is 51.2 Å². The zero-order chi connectivity index (χ0) is 13.7. The largest absolute Gasteiger partial charge is 0.461 e. The summed E-state index contributed by atoms with van der Waals surface area (Å²) in [7, 11) is 0. The van der Waals surface area contributed by atoms with E-state index in [9.17, 15) is 4.79 Å². The monoisotopic (exact) mass is 282 g/mol. The Morgan fingerprint density at radius 1 is 1.47 bits per heavy atom. The molecule has 1 aromatic heterocycles. The molecule has 1 fully saturated rings. The smallest absolute Gasteiger partial charge is 0.360 e. The average Bonchev–Trinajstić information content (AvgIpc) is 2.76. The first kappa shape index (κ1) is 14.3. The molecule has 19 heavy (non-hydrogen) atoms. The number of aromatic nitrogens is 1. The maximum atomic E-state index is 11.8. The number of rotatable bonds is 4. The first-order chi connectivity index (χ1) is 9.22. The molecule has 0 aromatic carbocycles. The predicted molar refractivity (Wildman–Crippen MR) is 77.7 cm³/mol. The van der Waals surface area contributed by atoms with E-state index in [1.807, 2.05) is 6.92 Å². The van der Waals surface area contributed by atoms with Crippen molar-refractivity contribution >= 4 is 22.3 Å². The minimum Gasteiger partial charge on any atom is -0.461 e. The number of anilines is 1. The molecule has 1 N–H and O–H groups in total. The number of esters is 1. The molecule has 0 spiro atoms. The number of hydrogen-bond donors (Lipinski definition) is 1. The molecule has 5 heteroatoms. The molecule has 0 amide bonds. The first-order valence-electron chi connectivity index (χ1n) is 7.09. The van der Waals surface area contributed by atoms with Crippen LogP contribution in [0.15, 0.2) is 5.51 Å². The highest BCUT2D eigenvalue weighted by atomic mass is 32.1. The highest BCUT2D eigenvalue weighted by Gasteiger charge is 2.23. The van der Waals surface area contributed by atoms with Crippen molar-refractivity contribution < 1.29 is 9.53 Å². The van der Waals surface area contributed by atoms with Gasteiger partial charge in [-0.25, -0.2) is 9.78 Å². The Hall–Kier alpha value is -1.10. The van der Waals surface area contributed by atoms with Crippen LogP contribution in [0.2, 0.25) is 0 Å². The van der Waals surface area contributed by atoms with E-state index in [4.69, 9.17) is 4.74 Å². The van der Waals surface area contributed by atoms with E-state index in [1.165, 1.54) is 43.4 Å². The normalized spacial score (nSPS) is 23.7. The Morgan fingerprint density at radius 3 is 3.05 bits per heavy atom. The van der Waals surface area contributed by atoms with Gasteiger partial charge in [-0.15, -0.1) is 11.3 Å². The van der Waals surface area contributed by atoms with Crippen LogP contribution < -0.4 is 5.32 Å². The van der Waals surface area contributed by atoms with E-state index < -0.39 is 0 Å². The Morgan fingerprint density at radius 2 is 2.26 bits per heavy atom. The number of hydrogen-bond acceptors (Lipinski definition) is 5. The molecule has 1 heterocycles. The Kier molecular flexibility index (Phi) is 5.19. The van der Waals surface area contributed by atoms with Gasteiger partial charge in [0.05, 0.1) is 12.1 Å². The van der Waals surface area contributed by atoms with Crippen molar-refractivity contribution in [2.24, 2.45) is 5.92 Å². The molecular weight excluding hydrogens is 260 g/mol. The second kappa shape index (κ2) is 6.89. The zero-order valence-corrected chi connectivity index (χ0v) is 12.5. The van der Waals surface area contributed by atoms with Gasteiger partial charge >= 0.3 is 5.97 Å². The Bertz CT molecular complexity index is 419. The number of carbonyl (C=O) groups excluding carboxylic acids is 1. The predicted octanol–water partition coefficient (Wildman–Crippen LogP) is 3.70. The second-order valence-corrected chi connectivity index (χ2v) is 5.97. The van der Waals surface area contributed by atoms with E-state index >= 15 is 0 Å². The fraction of sp³-hybridized carbons (Fsp3) is 0.714. The van der Waals surface area contributed by atoms with Gasteiger partial charge < -0.3 is 10.1 Å². The standard InChI is InChI=1S/C14H22N2O2S/c1-3-18-14(17)12-13(19-9-15-12)16-11-8-6-4-5-7-10(11)2/h9-11,16H,3-8H2,1-2H3. The van der Waals surface area contributed by atoms with Crippen LogP contribution >= 0.6 is 11.3 Å². The van der Waals surface area contributed by atoms with Gasteiger partial charge in [0.15, 0.2) is 5.69 Å². The molecule has 1 aliphatic rings. The van der Waals surface area contributed by atoms with Crippen LogP contribution in [0.25, 0.3) is 0 Å². The van der Waals surface area contributed by atoms with Gasteiger partial charge in [-0.2, -0.15) is 0 Å². The first-order valence-corrected chi connectivity index (χ1v) is 7.97. The van der Waals surface area contributed by atoms with Gasteiger partial charge in [-0.05, 0) is 25.7 Å². The number of carbonyl (C=O) groups is 1. The van der Waals surface area contributed by atoms with Crippen LogP contribution in [0.4, 0.5) is 5.00 Å². The SMILES string of the molecule is CCOC(=O)c1ncsc1NC1CCCCCC1C. The fourth-order valence-corrected chi connectivity index (χ4v) is 3.30. The third-order valence-electron chi connectivity index (χ3n) is 3.71. The molecule has 106 valence electrons. The third kappa shape index (κ3) is 3.69. The van der Waals surface area contributed by atoms with E-state index in [-0.39, 0.29) is 5.97 Å². The van der Waals surface area contributed by atoms with Crippen molar-refractivity contribution in [3.8, 4) is 0 Å². The molecule has 2 unspecified atom stereocenters. The summed E-state index contributed by atoms with van der Waals surface area (Å²) in [5.74, 6) is 0.312. The number of thiazole rings is 1. The number of nitrogens with one attached hydrogen (secondary N) is 1. The molecular formula is C14H22N2O2S. The molecule has 0 bridgehead atoms. The quantitative estimate of drug-likeness (QED) is 0.676. The summed E-state index contributed by atoms with van der Waals surface area (Å²) >= 11 is 1.48. The van der Waals surface area contributed by atoms with Crippen molar-refractivity contribution in [3.63, 3.8) is 0 Å². The molecule has 1 saturated carbocycles. The summed E-state index contributed by atoms with van der Waals surface area (Å²) in [6, 6.07) is 0.441. The maximum Gasteiger partial charge on any atom is 0.360 e. The Labute approximate surface area is 118 Å². The minimum atomic E-state index is -0.326. The lowest BCUT2D eigenvalue weighted by atomic mass is 9.97. The summed E-state index contributed by atoms with van der Waals surface area (Å²) in [6.45, 7) is 4.48. The van der Waals surface area contributed by atoms with Gasteiger partial charge in [-0.1, -0.05) is 26.2 Å². The lowest BCUT2D eigenvalue weighted by Gasteiger charge is -2.23. The van der Waals surface area contributed by atoms with Crippen molar-refractivity contribution in [3.05, 3.63) is 11.2 Å². The van der Waals surface area contributed by atoms with Crippen LogP contribution in [0.1, 0.15) is 56.4 Å². The number of nitrogens with zero attached hydrogens (tertiary/aromatic N) is 1. The van der Waals surface area contributed by atoms with Crippen molar-refractivity contribution in [2.45, 2.75) is 52.0 Å². The van der Waals surface area contributed by atoms with Crippen LogP contribution in [0.5, 0.6) is 0 Å². The van der Waals surface area contributed by atoms with Gasteiger partial charge in [0, 0.05) is 6.04 Å². The van der Waals surface area contributed by atoms with E-state index in [2.05, 4.69) is 17.2 Å². The molecule has 0 aliphatic heterocycles. The van der Waals surface area contributed by atoms with Crippen LogP contribution in [-0.2, 0) is 4.74 Å². The fourth-order valence-electron chi connectivity index (χ4n) is 2.57. The summed E-state index contributed by atoms with van der Waals surface area (Å²) in [4.78, 5) is 15.9. The zero-order valence-electron chi connectivity index (χ0n) is 11.6.